The molecule has 0 atom stereocenters. The van der Waals surface area contributed by atoms with Crippen molar-refractivity contribution in [2.75, 3.05) is 13.7 Å². The molecule has 1 aromatic heterocycles. The van der Waals surface area contributed by atoms with Crippen LogP contribution in [0.2, 0.25) is 0 Å². The predicted octanol–water partition coefficient (Wildman–Crippen LogP) is 2.24. The van der Waals surface area contributed by atoms with E-state index in [1.54, 1.807) is 23.3 Å². The van der Waals surface area contributed by atoms with Crippen LogP contribution in [0, 0.1) is 5.41 Å². The van der Waals surface area contributed by atoms with Crippen molar-refractivity contribution in [3.8, 4) is 0 Å². The molecule has 0 aliphatic heterocycles. The molecule has 0 radical (unpaired) electrons. The fourth-order valence-electron chi connectivity index (χ4n) is 1.74. The van der Waals surface area contributed by atoms with Gasteiger partial charge in [0, 0.05) is 11.9 Å². The lowest BCUT2D eigenvalue weighted by molar-refractivity contribution is -0.137. The van der Waals surface area contributed by atoms with Gasteiger partial charge in [-0.25, -0.2) is 0 Å². The second-order valence-electron chi connectivity index (χ2n) is 4.31. The van der Waals surface area contributed by atoms with Crippen LogP contribution in [0.25, 0.3) is 0 Å². The first-order valence-electron chi connectivity index (χ1n) is 5.18. The normalized spacial score (nSPS) is 17.2. The molecular weight excluding hydrogens is 290 g/mol. The molecule has 0 unspecified atom stereocenters. The third kappa shape index (κ3) is 2.31. The fraction of sp³-hybridized carbons (Fsp3) is 0.545. The molecule has 1 heterocycles. The van der Waals surface area contributed by atoms with E-state index in [9.17, 15) is 9.90 Å². The molecule has 1 aromatic rings. The second-order valence-corrected chi connectivity index (χ2v) is 6.85. The number of carbonyl (C=O) groups is 1. The molecule has 0 spiro atoms. The van der Waals surface area contributed by atoms with Gasteiger partial charge in [-0.2, -0.15) is 0 Å². The number of carbonyl (C=O) groups excluding carboxylic acids is 1. The van der Waals surface area contributed by atoms with Crippen LogP contribution in [-0.4, -0.2) is 29.6 Å². The van der Waals surface area contributed by atoms with Gasteiger partial charge in [0.2, 0.25) is 5.91 Å². The van der Waals surface area contributed by atoms with Gasteiger partial charge in [0.25, 0.3) is 0 Å². The highest BCUT2D eigenvalue weighted by Crippen LogP contribution is 2.46. The van der Waals surface area contributed by atoms with Gasteiger partial charge in [0.1, 0.15) is 0 Å². The van der Waals surface area contributed by atoms with E-state index in [2.05, 4.69) is 15.9 Å². The van der Waals surface area contributed by atoms with E-state index in [0.717, 1.165) is 21.5 Å². The molecule has 0 saturated heterocycles. The minimum atomic E-state index is -0.455. The van der Waals surface area contributed by atoms with Gasteiger partial charge in [0.05, 0.1) is 22.4 Å². The zero-order valence-electron chi connectivity index (χ0n) is 9.07. The lowest BCUT2D eigenvalue weighted by Gasteiger charge is -2.21. The van der Waals surface area contributed by atoms with Crippen molar-refractivity contribution in [3.63, 3.8) is 0 Å². The molecule has 1 aliphatic carbocycles. The Morgan fingerprint density at radius 3 is 2.75 bits per heavy atom. The van der Waals surface area contributed by atoms with E-state index in [4.69, 9.17) is 0 Å². The Labute approximate surface area is 107 Å². The maximum Gasteiger partial charge on any atom is 0.231 e. The SMILES string of the molecule is CN(Cc1ccc(Br)s1)C(=O)C1(CO)CC1. The molecule has 0 aromatic carbocycles. The number of hydrogen-bond acceptors (Lipinski definition) is 3. The van der Waals surface area contributed by atoms with E-state index < -0.39 is 5.41 Å². The number of aliphatic hydroxyl groups is 1. The maximum absolute atomic E-state index is 12.0. The molecule has 1 aliphatic rings. The number of rotatable bonds is 4. The van der Waals surface area contributed by atoms with Crippen LogP contribution in [-0.2, 0) is 11.3 Å². The van der Waals surface area contributed by atoms with E-state index in [-0.39, 0.29) is 12.5 Å². The molecule has 1 N–H and O–H groups in total. The number of amides is 1. The van der Waals surface area contributed by atoms with Crippen molar-refractivity contribution in [1.82, 2.24) is 4.90 Å². The molecule has 3 nitrogen and oxygen atoms in total. The Morgan fingerprint density at radius 2 is 2.31 bits per heavy atom. The van der Waals surface area contributed by atoms with Crippen molar-refractivity contribution < 1.29 is 9.90 Å². The summed E-state index contributed by atoms with van der Waals surface area (Å²) in [5, 5.41) is 9.19. The molecule has 1 saturated carbocycles. The number of halogens is 1. The molecule has 16 heavy (non-hydrogen) atoms. The zero-order valence-corrected chi connectivity index (χ0v) is 11.5. The van der Waals surface area contributed by atoms with Crippen LogP contribution in [0.3, 0.4) is 0 Å². The summed E-state index contributed by atoms with van der Waals surface area (Å²) in [6.07, 6.45) is 1.64. The van der Waals surface area contributed by atoms with Crippen LogP contribution in [0.4, 0.5) is 0 Å². The highest BCUT2D eigenvalue weighted by molar-refractivity contribution is 9.11. The summed E-state index contributed by atoms with van der Waals surface area (Å²) >= 11 is 5.03. The topological polar surface area (TPSA) is 40.5 Å². The molecule has 0 bridgehead atoms. The van der Waals surface area contributed by atoms with Crippen LogP contribution in [0.5, 0.6) is 0 Å². The Bertz CT molecular complexity index is 400. The number of hydrogen-bond donors (Lipinski definition) is 1. The van der Waals surface area contributed by atoms with E-state index in [1.165, 1.54) is 0 Å². The summed E-state index contributed by atoms with van der Waals surface area (Å²) in [5.41, 5.74) is -0.455. The number of aliphatic hydroxyl groups excluding tert-OH is 1. The molecule has 88 valence electrons. The van der Waals surface area contributed by atoms with Crippen molar-refractivity contribution in [2.45, 2.75) is 19.4 Å². The highest BCUT2D eigenvalue weighted by atomic mass is 79.9. The van der Waals surface area contributed by atoms with Gasteiger partial charge in [-0.1, -0.05) is 0 Å². The minimum Gasteiger partial charge on any atom is -0.395 e. The third-order valence-corrected chi connectivity index (χ3v) is 4.59. The lowest BCUT2D eigenvalue weighted by atomic mass is 10.1. The largest absolute Gasteiger partial charge is 0.395 e. The predicted molar refractivity (Wildman–Crippen MR) is 67.2 cm³/mol. The summed E-state index contributed by atoms with van der Waals surface area (Å²) in [6, 6.07) is 3.99. The Morgan fingerprint density at radius 1 is 1.62 bits per heavy atom. The van der Waals surface area contributed by atoms with Crippen molar-refractivity contribution in [1.29, 1.82) is 0 Å². The fourth-order valence-corrected chi connectivity index (χ4v) is 3.27. The van der Waals surface area contributed by atoms with E-state index >= 15 is 0 Å². The van der Waals surface area contributed by atoms with Crippen LogP contribution >= 0.6 is 27.3 Å². The van der Waals surface area contributed by atoms with Gasteiger partial charge >= 0.3 is 0 Å². The summed E-state index contributed by atoms with van der Waals surface area (Å²) in [5.74, 6) is 0.0690. The smallest absolute Gasteiger partial charge is 0.231 e. The first-order valence-corrected chi connectivity index (χ1v) is 6.79. The average molecular weight is 304 g/mol. The molecule has 5 heteroatoms. The van der Waals surface area contributed by atoms with Gasteiger partial charge in [0.15, 0.2) is 0 Å². The Balaban J connectivity index is 1.98. The Hall–Kier alpha value is -0.390. The average Bonchev–Trinajstić information content (AvgIpc) is 2.97. The third-order valence-electron chi connectivity index (χ3n) is 2.98. The first kappa shape index (κ1) is 12.1. The Kier molecular flexibility index (Phi) is 3.37. The summed E-state index contributed by atoms with van der Waals surface area (Å²) in [4.78, 5) is 14.9. The van der Waals surface area contributed by atoms with Crippen molar-refractivity contribution in [3.05, 3.63) is 20.8 Å². The molecule has 2 rings (SSSR count). The molecule has 1 amide bonds. The second kappa shape index (κ2) is 4.47. The summed E-state index contributed by atoms with van der Waals surface area (Å²) in [7, 11) is 1.80. The van der Waals surface area contributed by atoms with Gasteiger partial charge in [-0.3, -0.25) is 4.79 Å². The maximum atomic E-state index is 12.0. The van der Waals surface area contributed by atoms with Crippen LogP contribution in [0.1, 0.15) is 17.7 Å². The zero-order chi connectivity index (χ0) is 11.8. The monoisotopic (exact) mass is 303 g/mol. The molecule has 1 fully saturated rings. The van der Waals surface area contributed by atoms with Crippen LogP contribution < -0.4 is 0 Å². The van der Waals surface area contributed by atoms with Gasteiger partial charge in [-0.15, -0.1) is 11.3 Å². The highest BCUT2D eigenvalue weighted by Gasteiger charge is 2.50. The van der Waals surface area contributed by atoms with Crippen molar-refractivity contribution >= 4 is 33.2 Å². The standard InChI is InChI=1S/C11H14BrNO2S/c1-13(6-8-2-3-9(12)16-8)10(15)11(7-14)4-5-11/h2-3,14H,4-7H2,1H3. The quantitative estimate of drug-likeness (QED) is 0.927. The summed E-state index contributed by atoms with van der Waals surface area (Å²) < 4.78 is 1.08. The van der Waals surface area contributed by atoms with Crippen LogP contribution in [0.15, 0.2) is 15.9 Å². The minimum absolute atomic E-state index is 0.0235. The summed E-state index contributed by atoms with van der Waals surface area (Å²) in [6.45, 7) is 0.598. The van der Waals surface area contributed by atoms with Gasteiger partial charge < -0.3 is 10.0 Å². The number of thiophene rings is 1. The van der Waals surface area contributed by atoms with E-state index in [1.807, 2.05) is 12.1 Å². The number of nitrogens with zero attached hydrogens (tertiary/aromatic N) is 1. The first-order chi connectivity index (χ1) is 7.57. The lowest BCUT2D eigenvalue weighted by Crippen LogP contribution is -2.35. The molecular formula is C11H14BrNO2S. The van der Waals surface area contributed by atoms with Crippen molar-refractivity contribution in [2.24, 2.45) is 5.41 Å². The van der Waals surface area contributed by atoms with E-state index in [0.29, 0.717) is 6.54 Å². The van der Waals surface area contributed by atoms with Gasteiger partial charge in [-0.05, 0) is 40.9 Å².